The lowest BCUT2D eigenvalue weighted by Gasteiger charge is -2.08. The van der Waals surface area contributed by atoms with Gasteiger partial charge in [0.15, 0.2) is 0 Å². The van der Waals surface area contributed by atoms with Crippen molar-refractivity contribution in [2.75, 3.05) is 13.1 Å². The molecule has 4 heteroatoms. The summed E-state index contributed by atoms with van der Waals surface area (Å²) in [6.45, 7) is 3.85. The Labute approximate surface area is 73.3 Å². The first-order valence-electron chi connectivity index (χ1n) is 3.83. The van der Waals surface area contributed by atoms with Gasteiger partial charge in [0.2, 0.25) is 5.91 Å². The number of carbonyl (C=O) groups excluding carboxylic acids is 1. The zero-order valence-corrected chi connectivity index (χ0v) is 7.54. The van der Waals surface area contributed by atoms with Gasteiger partial charge in [-0.05, 0) is 13.0 Å². The average Bonchev–Trinajstić information content (AvgIpc) is 2.40. The van der Waals surface area contributed by atoms with Crippen molar-refractivity contribution in [1.29, 1.82) is 0 Å². The van der Waals surface area contributed by atoms with Crippen LogP contribution in [0.3, 0.4) is 0 Å². The molecule has 1 amide bonds. The second kappa shape index (κ2) is 5.38. The van der Waals surface area contributed by atoms with Crippen molar-refractivity contribution in [3.8, 4) is 0 Å². The number of hydrogen-bond acceptors (Lipinski definition) is 2. The molecule has 0 radical (unpaired) electrons. The van der Waals surface area contributed by atoms with E-state index in [1.54, 1.807) is 0 Å². The number of halogens is 1. The molecular weight excluding hydrogens is 164 g/mol. The third kappa shape index (κ3) is 3.58. The van der Waals surface area contributed by atoms with Crippen LogP contribution in [0.1, 0.15) is 19.8 Å². The van der Waals surface area contributed by atoms with Crippen LogP contribution in [0.15, 0.2) is 0 Å². The Balaban J connectivity index is 0.000001000. The predicted octanol–water partition coefficient (Wildman–Crippen LogP) is 0.296. The van der Waals surface area contributed by atoms with Gasteiger partial charge in [-0.3, -0.25) is 4.79 Å². The summed E-state index contributed by atoms with van der Waals surface area (Å²) in [6, 6.07) is 0.382. The van der Waals surface area contributed by atoms with E-state index in [2.05, 4.69) is 10.6 Å². The zero-order valence-electron chi connectivity index (χ0n) is 6.72. The Morgan fingerprint density at radius 2 is 2.45 bits per heavy atom. The van der Waals surface area contributed by atoms with E-state index in [1.165, 1.54) is 0 Å². The van der Waals surface area contributed by atoms with Crippen LogP contribution in [0, 0.1) is 0 Å². The van der Waals surface area contributed by atoms with Crippen molar-refractivity contribution in [2.24, 2.45) is 0 Å². The molecule has 0 bridgehead atoms. The van der Waals surface area contributed by atoms with Gasteiger partial charge in [-0.15, -0.1) is 12.4 Å². The van der Waals surface area contributed by atoms with Gasteiger partial charge in [-0.1, -0.05) is 6.92 Å². The first-order chi connectivity index (χ1) is 4.83. The normalized spacial score (nSPS) is 22.5. The number of carbonyl (C=O) groups is 1. The van der Waals surface area contributed by atoms with Crippen LogP contribution in [-0.4, -0.2) is 25.0 Å². The van der Waals surface area contributed by atoms with E-state index in [0.717, 1.165) is 19.5 Å². The van der Waals surface area contributed by atoms with E-state index in [1.807, 2.05) is 6.92 Å². The molecule has 66 valence electrons. The maximum absolute atomic E-state index is 10.8. The fourth-order valence-corrected chi connectivity index (χ4v) is 1.11. The van der Waals surface area contributed by atoms with E-state index in [0.29, 0.717) is 12.5 Å². The molecule has 1 fully saturated rings. The molecule has 1 aliphatic rings. The third-order valence-electron chi connectivity index (χ3n) is 1.75. The van der Waals surface area contributed by atoms with Crippen LogP contribution in [-0.2, 0) is 4.79 Å². The summed E-state index contributed by atoms with van der Waals surface area (Å²) < 4.78 is 0. The van der Waals surface area contributed by atoms with Crippen molar-refractivity contribution < 1.29 is 4.79 Å². The lowest BCUT2D eigenvalue weighted by Crippen LogP contribution is -2.35. The van der Waals surface area contributed by atoms with Crippen molar-refractivity contribution >= 4 is 18.3 Å². The molecule has 0 aromatic carbocycles. The Morgan fingerprint density at radius 1 is 1.73 bits per heavy atom. The van der Waals surface area contributed by atoms with Crippen LogP contribution in [0.4, 0.5) is 0 Å². The molecular formula is C7H15ClN2O. The number of amides is 1. The minimum atomic E-state index is 0. The zero-order chi connectivity index (χ0) is 7.40. The fourth-order valence-electron chi connectivity index (χ4n) is 1.11. The summed E-state index contributed by atoms with van der Waals surface area (Å²) in [5, 5.41) is 6.11. The largest absolute Gasteiger partial charge is 0.352 e. The molecule has 11 heavy (non-hydrogen) atoms. The van der Waals surface area contributed by atoms with E-state index in [4.69, 9.17) is 0 Å². The number of rotatable bonds is 2. The van der Waals surface area contributed by atoms with Gasteiger partial charge in [-0.25, -0.2) is 0 Å². The van der Waals surface area contributed by atoms with Crippen molar-refractivity contribution in [1.82, 2.24) is 10.6 Å². The van der Waals surface area contributed by atoms with Crippen LogP contribution in [0.2, 0.25) is 0 Å². The summed E-state index contributed by atoms with van der Waals surface area (Å²) in [6.07, 6.45) is 1.67. The molecule has 0 aromatic rings. The molecule has 1 rings (SSSR count). The van der Waals surface area contributed by atoms with Gasteiger partial charge in [0.25, 0.3) is 0 Å². The lowest BCUT2D eigenvalue weighted by molar-refractivity contribution is -0.121. The third-order valence-corrected chi connectivity index (χ3v) is 1.75. The molecule has 1 saturated heterocycles. The maximum Gasteiger partial charge on any atom is 0.219 e. The van der Waals surface area contributed by atoms with Crippen LogP contribution in [0.5, 0.6) is 0 Å². The molecule has 3 nitrogen and oxygen atoms in total. The number of hydrogen-bond donors (Lipinski definition) is 2. The van der Waals surface area contributed by atoms with E-state index in [9.17, 15) is 4.79 Å². The molecule has 1 unspecified atom stereocenters. The highest BCUT2D eigenvalue weighted by Gasteiger charge is 2.14. The van der Waals surface area contributed by atoms with Gasteiger partial charge in [0, 0.05) is 19.0 Å². The molecule has 1 heterocycles. The SMILES string of the molecule is CCC(=O)NC1CCNC1.Cl. The molecule has 0 saturated carbocycles. The Bertz CT molecular complexity index is 124. The first-order valence-corrected chi connectivity index (χ1v) is 3.83. The Morgan fingerprint density at radius 3 is 2.91 bits per heavy atom. The Hall–Kier alpha value is -0.280. The second-order valence-electron chi connectivity index (χ2n) is 2.61. The van der Waals surface area contributed by atoms with Crippen LogP contribution in [0.25, 0.3) is 0 Å². The van der Waals surface area contributed by atoms with Gasteiger partial charge in [0.1, 0.15) is 0 Å². The molecule has 0 aliphatic carbocycles. The summed E-state index contributed by atoms with van der Waals surface area (Å²) in [7, 11) is 0. The summed E-state index contributed by atoms with van der Waals surface area (Å²) in [5.74, 6) is 0.161. The predicted molar refractivity (Wildman–Crippen MR) is 47.0 cm³/mol. The highest BCUT2D eigenvalue weighted by atomic mass is 35.5. The van der Waals surface area contributed by atoms with Crippen molar-refractivity contribution in [3.63, 3.8) is 0 Å². The summed E-state index contributed by atoms with van der Waals surface area (Å²) in [5.41, 5.74) is 0. The van der Waals surface area contributed by atoms with E-state index >= 15 is 0 Å². The Kier molecular flexibility index (Phi) is 5.24. The quantitative estimate of drug-likeness (QED) is 0.639. The smallest absolute Gasteiger partial charge is 0.219 e. The van der Waals surface area contributed by atoms with Crippen molar-refractivity contribution in [3.05, 3.63) is 0 Å². The molecule has 0 aromatic heterocycles. The van der Waals surface area contributed by atoms with Gasteiger partial charge >= 0.3 is 0 Å². The highest BCUT2D eigenvalue weighted by Crippen LogP contribution is 1.96. The van der Waals surface area contributed by atoms with E-state index < -0.39 is 0 Å². The topological polar surface area (TPSA) is 41.1 Å². The maximum atomic E-state index is 10.8. The second-order valence-corrected chi connectivity index (χ2v) is 2.61. The summed E-state index contributed by atoms with van der Waals surface area (Å²) in [4.78, 5) is 10.8. The molecule has 2 N–H and O–H groups in total. The minimum Gasteiger partial charge on any atom is -0.352 e. The molecule has 1 aliphatic heterocycles. The summed E-state index contributed by atoms with van der Waals surface area (Å²) >= 11 is 0. The minimum absolute atomic E-state index is 0. The van der Waals surface area contributed by atoms with E-state index in [-0.39, 0.29) is 18.3 Å². The standard InChI is InChI=1S/C7H14N2O.ClH/c1-2-7(10)9-6-3-4-8-5-6;/h6,8H,2-5H2,1H3,(H,9,10);1H. The van der Waals surface area contributed by atoms with Gasteiger partial charge in [0.05, 0.1) is 0 Å². The lowest BCUT2D eigenvalue weighted by atomic mass is 10.2. The monoisotopic (exact) mass is 178 g/mol. The molecule has 0 spiro atoms. The van der Waals surface area contributed by atoms with Gasteiger partial charge < -0.3 is 10.6 Å². The average molecular weight is 179 g/mol. The fraction of sp³-hybridized carbons (Fsp3) is 0.857. The van der Waals surface area contributed by atoms with Crippen LogP contribution >= 0.6 is 12.4 Å². The number of nitrogens with one attached hydrogen (secondary N) is 2. The van der Waals surface area contributed by atoms with Crippen molar-refractivity contribution in [2.45, 2.75) is 25.8 Å². The first kappa shape index (κ1) is 10.7. The van der Waals surface area contributed by atoms with Crippen LogP contribution < -0.4 is 10.6 Å². The molecule has 1 atom stereocenters. The van der Waals surface area contributed by atoms with Gasteiger partial charge in [-0.2, -0.15) is 0 Å². The highest BCUT2D eigenvalue weighted by molar-refractivity contribution is 5.85.